The first kappa shape index (κ1) is 42.4. The fraction of sp³-hybridized carbons (Fsp3) is 0.571. The van der Waals surface area contributed by atoms with E-state index in [1.165, 1.54) is 0 Å². The number of urea groups is 2. The number of likely N-dealkylation sites (tertiary alicyclic amines) is 2. The number of ether oxygens (including phenoxy) is 6. The third-order valence-electron chi connectivity index (χ3n) is 11.1. The molecule has 2 unspecified atom stereocenters. The zero-order valence-corrected chi connectivity index (χ0v) is 33.7. The van der Waals surface area contributed by atoms with Gasteiger partial charge in [0.25, 0.3) is 0 Å². The highest BCUT2D eigenvalue weighted by molar-refractivity contribution is 5.91. The molecule has 4 heterocycles. The quantitative estimate of drug-likeness (QED) is 0.168. The lowest BCUT2D eigenvalue weighted by atomic mass is 10.0. The molecule has 2 aromatic carbocycles. The lowest BCUT2D eigenvalue weighted by molar-refractivity contribution is -0.148. The molecule has 4 aliphatic rings. The van der Waals surface area contributed by atoms with Crippen molar-refractivity contribution < 1.29 is 47.6 Å². The predicted molar refractivity (Wildman–Crippen MR) is 214 cm³/mol. The first-order chi connectivity index (χ1) is 28.3. The van der Waals surface area contributed by atoms with Gasteiger partial charge >= 0.3 is 24.0 Å². The van der Waals surface area contributed by atoms with E-state index in [1.807, 2.05) is 34.1 Å². The van der Waals surface area contributed by atoms with E-state index in [0.29, 0.717) is 49.2 Å². The molecule has 0 saturated carbocycles. The number of para-hydroxylation sites is 4. The van der Waals surface area contributed by atoms with Crippen molar-refractivity contribution >= 4 is 24.0 Å². The molecule has 2 N–H and O–H groups in total. The fourth-order valence-electron chi connectivity index (χ4n) is 8.03. The molecule has 0 bridgehead atoms. The third-order valence-corrected chi connectivity index (χ3v) is 11.1. The minimum absolute atomic E-state index is 0.00753. The third kappa shape index (κ3) is 12.1. The van der Waals surface area contributed by atoms with Crippen LogP contribution in [0.4, 0.5) is 9.59 Å². The van der Waals surface area contributed by atoms with Gasteiger partial charge in [0.1, 0.15) is 25.4 Å². The molecule has 16 nitrogen and oxygen atoms in total. The molecule has 4 aliphatic heterocycles. The number of esters is 2. The molecule has 2 atom stereocenters. The van der Waals surface area contributed by atoms with Gasteiger partial charge < -0.3 is 48.9 Å². The molecule has 0 spiro atoms. The van der Waals surface area contributed by atoms with Crippen LogP contribution in [0.2, 0.25) is 0 Å². The molecule has 16 heteroatoms. The summed E-state index contributed by atoms with van der Waals surface area (Å²) in [7, 11) is 3.12. The van der Waals surface area contributed by atoms with Crippen LogP contribution in [-0.2, 0) is 19.1 Å². The van der Waals surface area contributed by atoms with Crippen LogP contribution < -0.4 is 29.6 Å². The van der Waals surface area contributed by atoms with E-state index in [1.54, 1.807) is 38.5 Å². The van der Waals surface area contributed by atoms with Crippen molar-refractivity contribution in [1.82, 2.24) is 30.2 Å². The molecular formula is C42H58N6O10. The van der Waals surface area contributed by atoms with Crippen molar-refractivity contribution in [3.63, 3.8) is 0 Å². The highest BCUT2D eigenvalue weighted by Gasteiger charge is 2.32. The van der Waals surface area contributed by atoms with Crippen LogP contribution in [0, 0.1) is 0 Å². The molecule has 2 aromatic rings. The van der Waals surface area contributed by atoms with Gasteiger partial charge in [-0.25, -0.2) is 19.2 Å². The smallest absolute Gasteiger partial charge is 0.331 e. The van der Waals surface area contributed by atoms with Crippen molar-refractivity contribution in [1.29, 1.82) is 0 Å². The summed E-state index contributed by atoms with van der Waals surface area (Å²) in [5, 5.41) is 5.88. The SMILES string of the molecule is COc1ccccc1OCC(CN1CCC(N2CCCNC2=O)CC1)OC(=O)/C=C/C(=O)OC(COc1ccccc1OC)CN1CCC(N2CCCNC2=O)CC1. The zero-order chi connectivity index (χ0) is 40.7. The molecule has 58 heavy (non-hydrogen) atoms. The minimum Gasteiger partial charge on any atom is -0.493 e. The van der Waals surface area contributed by atoms with Gasteiger partial charge in [-0.3, -0.25) is 9.80 Å². The fourth-order valence-corrected chi connectivity index (χ4v) is 8.03. The average Bonchev–Trinajstić information content (AvgIpc) is 3.25. The number of amides is 4. The van der Waals surface area contributed by atoms with Gasteiger partial charge in [-0.05, 0) is 62.8 Å². The van der Waals surface area contributed by atoms with E-state index in [0.717, 1.165) is 89.9 Å². The predicted octanol–water partition coefficient (Wildman–Crippen LogP) is 3.30. The largest absolute Gasteiger partial charge is 0.493 e. The Hall–Kier alpha value is -5.22. The van der Waals surface area contributed by atoms with Crippen LogP contribution in [0.1, 0.15) is 38.5 Å². The van der Waals surface area contributed by atoms with E-state index < -0.39 is 24.1 Å². The van der Waals surface area contributed by atoms with Gasteiger partial charge in [-0.2, -0.15) is 0 Å². The van der Waals surface area contributed by atoms with Crippen molar-refractivity contribution in [2.75, 3.05) is 92.9 Å². The standard InChI is InChI=1S/C42H58N6O10/c1-53-35-9-3-5-11-37(35)55-29-33(27-45-23-15-31(16-24-45)47-21-7-19-43-41(47)51)57-39(49)13-14-40(50)58-34(30-56-38-12-6-4-10-36(38)54-2)28-46-25-17-32(18-26-46)48-22-8-20-44-42(48)52/h3-6,9-14,31-34H,7-8,15-30H2,1-2H3,(H,43,51)(H,44,52)/b14-13+. The second kappa shape index (κ2) is 21.5. The van der Waals surface area contributed by atoms with E-state index in [-0.39, 0.29) is 37.4 Å². The van der Waals surface area contributed by atoms with Gasteiger partial charge in [-0.1, -0.05) is 24.3 Å². The molecule has 6 rings (SSSR count). The van der Waals surface area contributed by atoms with Crippen LogP contribution in [0.15, 0.2) is 60.7 Å². The second-order valence-electron chi connectivity index (χ2n) is 15.0. The Kier molecular flexibility index (Phi) is 15.7. The molecule has 0 aromatic heterocycles. The van der Waals surface area contributed by atoms with E-state index in [4.69, 9.17) is 28.4 Å². The van der Waals surface area contributed by atoms with Gasteiger partial charge in [-0.15, -0.1) is 0 Å². The number of piperidine rings is 2. The number of nitrogens with zero attached hydrogens (tertiary/aromatic N) is 4. The maximum Gasteiger partial charge on any atom is 0.331 e. The normalized spacial score (nSPS) is 19.8. The maximum absolute atomic E-state index is 13.3. The molecule has 4 fully saturated rings. The Balaban J connectivity index is 1.05. The number of nitrogens with one attached hydrogen (secondary N) is 2. The number of carbonyl (C=O) groups is 4. The Bertz CT molecular complexity index is 1570. The molecular weight excluding hydrogens is 748 g/mol. The Morgan fingerprint density at radius 3 is 1.36 bits per heavy atom. The van der Waals surface area contributed by atoms with E-state index in [9.17, 15) is 19.2 Å². The van der Waals surface area contributed by atoms with Crippen molar-refractivity contribution in [3.05, 3.63) is 60.7 Å². The number of methoxy groups -OCH3 is 2. The van der Waals surface area contributed by atoms with E-state index in [2.05, 4.69) is 20.4 Å². The summed E-state index contributed by atoms with van der Waals surface area (Å²) in [6.45, 7) is 6.75. The molecule has 0 radical (unpaired) electrons. The van der Waals surface area contributed by atoms with Crippen molar-refractivity contribution in [2.45, 2.75) is 62.8 Å². The summed E-state index contributed by atoms with van der Waals surface area (Å²) in [6, 6.07) is 14.8. The lowest BCUT2D eigenvalue weighted by Crippen LogP contribution is -2.55. The van der Waals surface area contributed by atoms with Gasteiger partial charge in [0.05, 0.1) is 14.2 Å². The second-order valence-corrected chi connectivity index (χ2v) is 15.0. The first-order valence-corrected chi connectivity index (χ1v) is 20.4. The first-order valence-electron chi connectivity index (χ1n) is 20.4. The Morgan fingerprint density at radius 1 is 0.621 bits per heavy atom. The van der Waals surface area contributed by atoms with Crippen molar-refractivity contribution in [2.24, 2.45) is 0 Å². The highest BCUT2D eigenvalue weighted by Crippen LogP contribution is 2.28. The van der Waals surface area contributed by atoms with Gasteiger partial charge in [0.15, 0.2) is 23.0 Å². The topological polar surface area (TPSA) is 161 Å². The lowest BCUT2D eigenvalue weighted by Gasteiger charge is -2.40. The summed E-state index contributed by atoms with van der Waals surface area (Å²) in [5.74, 6) is 0.718. The number of rotatable bonds is 18. The monoisotopic (exact) mass is 806 g/mol. The molecule has 4 amide bonds. The number of carbonyl (C=O) groups excluding carboxylic acids is 4. The summed E-state index contributed by atoms with van der Waals surface area (Å²) < 4.78 is 34.8. The number of hydrogen-bond acceptors (Lipinski definition) is 12. The van der Waals surface area contributed by atoms with Crippen LogP contribution in [0.25, 0.3) is 0 Å². The Morgan fingerprint density at radius 2 is 1.00 bits per heavy atom. The highest BCUT2D eigenvalue weighted by atomic mass is 16.6. The van der Waals surface area contributed by atoms with Gasteiger partial charge in [0.2, 0.25) is 0 Å². The summed E-state index contributed by atoms with van der Waals surface area (Å²) in [5.41, 5.74) is 0. The summed E-state index contributed by atoms with van der Waals surface area (Å²) in [4.78, 5) is 59.7. The summed E-state index contributed by atoms with van der Waals surface area (Å²) in [6.07, 6.45) is 5.91. The van der Waals surface area contributed by atoms with Crippen LogP contribution in [0.5, 0.6) is 23.0 Å². The van der Waals surface area contributed by atoms with Crippen molar-refractivity contribution in [3.8, 4) is 23.0 Å². The molecule has 316 valence electrons. The number of benzene rings is 2. The van der Waals surface area contributed by atoms with E-state index >= 15 is 0 Å². The molecule has 0 aliphatic carbocycles. The Labute approximate surface area is 340 Å². The number of hydrogen-bond donors (Lipinski definition) is 2. The van der Waals surface area contributed by atoms with Crippen LogP contribution in [-0.4, -0.2) is 161 Å². The van der Waals surface area contributed by atoms with Gasteiger partial charge in [0, 0.05) is 89.7 Å². The maximum atomic E-state index is 13.3. The van der Waals surface area contributed by atoms with Crippen LogP contribution in [0.3, 0.4) is 0 Å². The zero-order valence-electron chi connectivity index (χ0n) is 33.7. The van der Waals surface area contributed by atoms with Crippen LogP contribution >= 0.6 is 0 Å². The average molecular weight is 807 g/mol. The molecule has 4 saturated heterocycles. The summed E-state index contributed by atoms with van der Waals surface area (Å²) >= 11 is 0. The minimum atomic E-state index is -0.712.